The SMILES string of the molecule is CCOC(=O)c1[nH]c(C)c(C(=O)COC(=O)Cc2ccccc2OC)c1C. The number of H-pyrrole nitrogens is 1. The van der Waals surface area contributed by atoms with Gasteiger partial charge in [-0.1, -0.05) is 18.2 Å². The molecule has 0 radical (unpaired) electrons. The fourth-order valence-electron chi connectivity index (χ4n) is 2.85. The Hall–Kier alpha value is -3.09. The number of para-hydroxylation sites is 1. The summed E-state index contributed by atoms with van der Waals surface area (Å²) in [6, 6.07) is 7.10. The molecule has 2 aromatic rings. The van der Waals surface area contributed by atoms with Crippen molar-refractivity contribution in [2.24, 2.45) is 0 Å². The number of hydrogen-bond acceptors (Lipinski definition) is 6. The number of benzene rings is 1. The van der Waals surface area contributed by atoms with Crippen LogP contribution in [0.5, 0.6) is 5.75 Å². The lowest BCUT2D eigenvalue weighted by Gasteiger charge is -2.08. The second kappa shape index (κ2) is 9.02. The molecular weight excluding hydrogens is 350 g/mol. The van der Waals surface area contributed by atoms with E-state index in [2.05, 4.69) is 4.98 Å². The lowest BCUT2D eigenvalue weighted by atomic mass is 10.1. The summed E-state index contributed by atoms with van der Waals surface area (Å²) in [6.45, 7) is 4.87. The van der Waals surface area contributed by atoms with Gasteiger partial charge in [-0.2, -0.15) is 0 Å². The number of aryl methyl sites for hydroxylation is 1. The average molecular weight is 373 g/mol. The first kappa shape index (κ1) is 20.2. The molecule has 7 nitrogen and oxygen atoms in total. The molecule has 0 aliphatic carbocycles. The summed E-state index contributed by atoms with van der Waals surface area (Å²) in [5.74, 6) is -0.864. The van der Waals surface area contributed by atoms with Crippen LogP contribution in [-0.2, 0) is 20.7 Å². The minimum Gasteiger partial charge on any atom is -0.496 e. The molecule has 0 atom stereocenters. The zero-order valence-corrected chi connectivity index (χ0v) is 15.9. The summed E-state index contributed by atoms with van der Waals surface area (Å²) in [5.41, 5.74) is 2.26. The van der Waals surface area contributed by atoms with E-state index in [1.165, 1.54) is 7.11 Å². The summed E-state index contributed by atoms with van der Waals surface area (Å²) in [7, 11) is 1.52. The quantitative estimate of drug-likeness (QED) is 0.565. The third kappa shape index (κ3) is 4.75. The number of hydrogen-bond donors (Lipinski definition) is 1. The van der Waals surface area contributed by atoms with Gasteiger partial charge in [0.05, 0.1) is 20.1 Å². The van der Waals surface area contributed by atoms with Gasteiger partial charge in [0.2, 0.25) is 5.78 Å². The average Bonchev–Trinajstić information content (AvgIpc) is 2.95. The van der Waals surface area contributed by atoms with E-state index in [0.29, 0.717) is 28.1 Å². The highest BCUT2D eigenvalue weighted by atomic mass is 16.5. The van der Waals surface area contributed by atoms with Gasteiger partial charge >= 0.3 is 11.9 Å². The van der Waals surface area contributed by atoms with Gasteiger partial charge in [0, 0.05) is 16.8 Å². The van der Waals surface area contributed by atoms with Crippen molar-refractivity contribution in [1.29, 1.82) is 0 Å². The molecule has 0 unspecified atom stereocenters. The van der Waals surface area contributed by atoms with Gasteiger partial charge in [0.1, 0.15) is 11.4 Å². The van der Waals surface area contributed by atoms with Crippen LogP contribution in [-0.4, -0.2) is 43.0 Å². The van der Waals surface area contributed by atoms with Crippen LogP contribution >= 0.6 is 0 Å². The van der Waals surface area contributed by atoms with Crippen molar-refractivity contribution >= 4 is 17.7 Å². The Morgan fingerprint density at radius 1 is 1.07 bits per heavy atom. The van der Waals surface area contributed by atoms with Crippen molar-refractivity contribution in [1.82, 2.24) is 4.98 Å². The summed E-state index contributed by atoms with van der Waals surface area (Å²) in [6.07, 6.45) is -0.00350. The number of rotatable bonds is 8. The molecule has 27 heavy (non-hydrogen) atoms. The first-order chi connectivity index (χ1) is 12.9. The maximum atomic E-state index is 12.5. The predicted octanol–water partition coefficient (Wildman–Crippen LogP) is 2.79. The van der Waals surface area contributed by atoms with Gasteiger partial charge in [0.25, 0.3) is 0 Å². The highest BCUT2D eigenvalue weighted by Crippen LogP contribution is 2.20. The smallest absolute Gasteiger partial charge is 0.355 e. The fraction of sp³-hybridized carbons (Fsp3) is 0.350. The Balaban J connectivity index is 2.03. The van der Waals surface area contributed by atoms with E-state index in [4.69, 9.17) is 14.2 Å². The third-order valence-electron chi connectivity index (χ3n) is 4.09. The van der Waals surface area contributed by atoms with E-state index in [1.807, 2.05) is 0 Å². The second-order valence-corrected chi connectivity index (χ2v) is 5.92. The number of Topliss-reactive ketones (excluding diaryl/α,β-unsaturated/α-hetero) is 1. The number of carbonyl (C=O) groups excluding carboxylic acids is 3. The van der Waals surface area contributed by atoms with Crippen LogP contribution in [0.3, 0.4) is 0 Å². The van der Waals surface area contributed by atoms with Crippen LogP contribution in [0, 0.1) is 13.8 Å². The van der Waals surface area contributed by atoms with Crippen molar-refractivity contribution in [3.05, 3.63) is 52.3 Å². The van der Waals surface area contributed by atoms with Gasteiger partial charge < -0.3 is 19.2 Å². The first-order valence-electron chi connectivity index (χ1n) is 8.56. The van der Waals surface area contributed by atoms with E-state index in [1.54, 1.807) is 45.0 Å². The number of aromatic amines is 1. The maximum Gasteiger partial charge on any atom is 0.355 e. The molecule has 1 aromatic carbocycles. The normalized spacial score (nSPS) is 10.4. The Morgan fingerprint density at radius 2 is 1.78 bits per heavy atom. The van der Waals surface area contributed by atoms with Gasteiger partial charge in [-0.25, -0.2) is 4.79 Å². The van der Waals surface area contributed by atoms with Crippen molar-refractivity contribution in [3.8, 4) is 5.75 Å². The minimum absolute atomic E-state index is 0.00350. The Bertz CT molecular complexity index is 852. The van der Waals surface area contributed by atoms with E-state index in [9.17, 15) is 14.4 Å². The molecule has 0 saturated carbocycles. The number of nitrogens with one attached hydrogen (secondary N) is 1. The maximum absolute atomic E-state index is 12.5. The standard InChI is InChI=1S/C20H23NO6/c1-5-26-20(24)19-12(2)18(13(3)21-19)15(22)11-27-17(23)10-14-8-6-7-9-16(14)25-4/h6-9,21H,5,10-11H2,1-4H3. The topological polar surface area (TPSA) is 94.7 Å². The second-order valence-electron chi connectivity index (χ2n) is 5.92. The molecule has 0 aliphatic heterocycles. The first-order valence-corrected chi connectivity index (χ1v) is 8.56. The molecule has 0 saturated heterocycles. The van der Waals surface area contributed by atoms with Crippen molar-refractivity contribution < 1.29 is 28.6 Å². The van der Waals surface area contributed by atoms with Crippen LogP contribution in [0.1, 0.15) is 44.6 Å². The number of aromatic nitrogens is 1. The largest absolute Gasteiger partial charge is 0.496 e. The molecule has 0 aliphatic rings. The monoisotopic (exact) mass is 373 g/mol. The summed E-state index contributed by atoms with van der Waals surface area (Å²) >= 11 is 0. The Kier molecular flexibility index (Phi) is 6.76. The van der Waals surface area contributed by atoms with Crippen LogP contribution in [0.4, 0.5) is 0 Å². The molecule has 144 valence electrons. The number of carbonyl (C=O) groups is 3. The predicted molar refractivity (Wildman–Crippen MR) is 98.2 cm³/mol. The van der Waals surface area contributed by atoms with Crippen molar-refractivity contribution in [3.63, 3.8) is 0 Å². The zero-order valence-electron chi connectivity index (χ0n) is 15.9. The molecule has 1 aromatic heterocycles. The molecular formula is C20H23NO6. The third-order valence-corrected chi connectivity index (χ3v) is 4.09. The van der Waals surface area contributed by atoms with Crippen LogP contribution in [0.25, 0.3) is 0 Å². The molecule has 2 rings (SSSR count). The molecule has 0 amide bonds. The van der Waals surface area contributed by atoms with Crippen LogP contribution < -0.4 is 4.74 Å². The van der Waals surface area contributed by atoms with Crippen molar-refractivity contribution in [2.75, 3.05) is 20.3 Å². The summed E-state index contributed by atoms with van der Waals surface area (Å²) in [5, 5.41) is 0. The van der Waals surface area contributed by atoms with Gasteiger partial charge in [-0.05, 0) is 32.4 Å². The number of ether oxygens (including phenoxy) is 3. The number of esters is 2. The molecule has 0 fully saturated rings. The van der Waals surface area contributed by atoms with Gasteiger partial charge in [0.15, 0.2) is 6.61 Å². The van der Waals surface area contributed by atoms with Crippen LogP contribution in [0.15, 0.2) is 24.3 Å². The van der Waals surface area contributed by atoms with E-state index < -0.39 is 18.5 Å². The highest BCUT2D eigenvalue weighted by molar-refractivity contribution is 6.03. The minimum atomic E-state index is -0.538. The molecule has 1 heterocycles. The van der Waals surface area contributed by atoms with Crippen molar-refractivity contribution in [2.45, 2.75) is 27.2 Å². The molecule has 1 N–H and O–H groups in total. The van der Waals surface area contributed by atoms with Crippen LogP contribution in [0.2, 0.25) is 0 Å². The summed E-state index contributed by atoms with van der Waals surface area (Å²) in [4.78, 5) is 39.3. The summed E-state index contributed by atoms with van der Waals surface area (Å²) < 4.78 is 15.3. The highest BCUT2D eigenvalue weighted by Gasteiger charge is 2.23. The van der Waals surface area contributed by atoms with Gasteiger partial charge in [-0.3, -0.25) is 9.59 Å². The molecule has 0 bridgehead atoms. The molecule has 0 spiro atoms. The number of methoxy groups -OCH3 is 1. The zero-order chi connectivity index (χ0) is 20.0. The number of ketones is 1. The van der Waals surface area contributed by atoms with Gasteiger partial charge in [-0.15, -0.1) is 0 Å². The van der Waals surface area contributed by atoms with E-state index >= 15 is 0 Å². The fourth-order valence-corrected chi connectivity index (χ4v) is 2.85. The molecule has 7 heteroatoms. The lowest BCUT2D eigenvalue weighted by molar-refractivity contribution is -0.141. The lowest BCUT2D eigenvalue weighted by Crippen LogP contribution is -2.17. The Labute approximate surface area is 157 Å². The van der Waals surface area contributed by atoms with E-state index in [-0.39, 0.29) is 24.5 Å². The Morgan fingerprint density at radius 3 is 2.44 bits per heavy atom. The van der Waals surface area contributed by atoms with E-state index in [0.717, 1.165) is 0 Å².